The Bertz CT molecular complexity index is 1030. The average molecular weight is 766 g/mol. The minimum absolute atomic E-state index is 0.00324. The zero-order valence-electron chi connectivity index (χ0n) is 34.7. The number of nitrogens with zero attached hydrogens (tertiary/aromatic N) is 1. The summed E-state index contributed by atoms with van der Waals surface area (Å²) in [7, 11) is 1.28. The van der Waals surface area contributed by atoms with Crippen LogP contribution in [0, 0.1) is 0 Å². The van der Waals surface area contributed by atoms with Gasteiger partial charge in [0.05, 0.1) is 34.0 Å². The first-order chi connectivity index (χ1) is 25.6. The van der Waals surface area contributed by atoms with Gasteiger partial charge in [0.1, 0.15) is 19.8 Å². The Balaban J connectivity index is 4.43. The summed E-state index contributed by atoms with van der Waals surface area (Å²) >= 11 is 0. The molecule has 0 rings (SSSR count). The number of phosphoric acid groups is 1. The Morgan fingerprint density at radius 1 is 0.604 bits per heavy atom. The van der Waals surface area contributed by atoms with Crippen molar-refractivity contribution >= 4 is 13.8 Å². The average Bonchev–Trinajstić information content (AvgIpc) is 3.11. The van der Waals surface area contributed by atoms with Crippen molar-refractivity contribution in [2.24, 2.45) is 0 Å². The molecule has 0 aliphatic heterocycles. The van der Waals surface area contributed by atoms with Crippen LogP contribution in [0.25, 0.3) is 0 Å². The highest BCUT2D eigenvalue weighted by molar-refractivity contribution is 7.45. The molecule has 0 heterocycles. The number of rotatable bonds is 38. The number of allylic oxidation sites excluding steroid dienone is 9. The zero-order chi connectivity index (χ0) is 39.1. The Morgan fingerprint density at radius 2 is 1.06 bits per heavy atom. The third kappa shape index (κ3) is 41.1. The van der Waals surface area contributed by atoms with E-state index in [4.69, 9.17) is 18.5 Å². The van der Waals surface area contributed by atoms with Crippen LogP contribution < -0.4 is 4.89 Å². The number of carbonyl (C=O) groups is 1. The fourth-order valence-corrected chi connectivity index (χ4v) is 6.06. The van der Waals surface area contributed by atoms with Gasteiger partial charge in [-0.3, -0.25) is 9.36 Å². The minimum Gasteiger partial charge on any atom is -0.756 e. The van der Waals surface area contributed by atoms with Gasteiger partial charge in [-0.05, 0) is 63.9 Å². The Labute approximate surface area is 326 Å². The highest BCUT2D eigenvalue weighted by atomic mass is 31.2. The second-order valence-corrected chi connectivity index (χ2v) is 16.5. The number of ether oxygens (including phenoxy) is 2. The molecule has 0 aromatic carbocycles. The maximum Gasteiger partial charge on any atom is 0.306 e. The number of likely N-dealkylation sites (N-methyl/N-ethyl adjacent to an activating group) is 1. The third-order valence-corrected chi connectivity index (χ3v) is 9.60. The minimum atomic E-state index is -4.55. The molecule has 0 aromatic rings. The first-order valence-corrected chi connectivity index (χ1v) is 22.5. The summed E-state index contributed by atoms with van der Waals surface area (Å²) in [5, 5.41) is 0. The highest BCUT2D eigenvalue weighted by Gasteiger charge is 2.20. The molecule has 2 unspecified atom stereocenters. The van der Waals surface area contributed by atoms with Gasteiger partial charge in [-0.1, -0.05) is 146 Å². The molecule has 0 aromatic heterocycles. The van der Waals surface area contributed by atoms with Gasteiger partial charge in [0.2, 0.25) is 0 Å². The maximum absolute atomic E-state index is 12.6. The van der Waals surface area contributed by atoms with Crippen LogP contribution in [0.15, 0.2) is 60.9 Å². The van der Waals surface area contributed by atoms with Gasteiger partial charge in [-0.25, -0.2) is 0 Å². The number of unbranched alkanes of at least 4 members (excludes halogenated alkanes) is 16. The van der Waals surface area contributed by atoms with Crippen molar-refractivity contribution < 1.29 is 37.3 Å². The van der Waals surface area contributed by atoms with E-state index in [1.807, 2.05) is 27.2 Å². The van der Waals surface area contributed by atoms with Crippen LogP contribution in [0.1, 0.15) is 162 Å². The van der Waals surface area contributed by atoms with Crippen LogP contribution in [-0.2, 0) is 27.9 Å². The molecule has 0 aliphatic rings. The highest BCUT2D eigenvalue weighted by Crippen LogP contribution is 2.38. The quantitative estimate of drug-likeness (QED) is 0.0154. The molecule has 8 nitrogen and oxygen atoms in total. The molecule has 0 amide bonds. The fourth-order valence-electron chi connectivity index (χ4n) is 5.33. The van der Waals surface area contributed by atoms with E-state index < -0.39 is 19.9 Å². The number of carbonyl (C=O) groups excluding carboxylic acids is 1. The van der Waals surface area contributed by atoms with Gasteiger partial charge in [-0.2, -0.15) is 0 Å². The van der Waals surface area contributed by atoms with Gasteiger partial charge in [-0.15, -0.1) is 0 Å². The monoisotopic (exact) mass is 766 g/mol. The van der Waals surface area contributed by atoms with Crippen molar-refractivity contribution in [1.82, 2.24) is 0 Å². The predicted octanol–water partition coefficient (Wildman–Crippen LogP) is 11.9. The molecule has 0 fully saturated rings. The molecule has 0 saturated carbocycles. The van der Waals surface area contributed by atoms with Crippen molar-refractivity contribution in [3.05, 3.63) is 60.9 Å². The maximum atomic E-state index is 12.6. The molecule has 0 N–H and O–H groups in total. The lowest BCUT2D eigenvalue weighted by Gasteiger charge is -2.28. The van der Waals surface area contributed by atoms with Crippen LogP contribution in [0.2, 0.25) is 0 Å². The van der Waals surface area contributed by atoms with E-state index in [1.54, 1.807) is 6.26 Å². The smallest absolute Gasteiger partial charge is 0.306 e. The molecule has 2 atom stereocenters. The number of phosphoric ester groups is 1. The number of hydrogen-bond acceptors (Lipinski definition) is 7. The van der Waals surface area contributed by atoms with E-state index in [1.165, 1.54) is 96.3 Å². The van der Waals surface area contributed by atoms with E-state index in [0.29, 0.717) is 17.4 Å². The first-order valence-electron chi connectivity index (χ1n) is 21.1. The topological polar surface area (TPSA) is 94.1 Å². The molecule has 9 heteroatoms. The summed E-state index contributed by atoms with van der Waals surface area (Å²) in [6, 6.07) is 0. The lowest BCUT2D eigenvalue weighted by atomic mass is 10.0. The third-order valence-electron chi connectivity index (χ3n) is 8.64. The molecule has 0 radical (unpaired) electrons. The lowest BCUT2D eigenvalue weighted by Crippen LogP contribution is -2.37. The molecule has 0 bridgehead atoms. The molecule has 53 heavy (non-hydrogen) atoms. The lowest BCUT2D eigenvalue weighted by molar-refractivity contribution is -0.870. The molecule has 0 spiro atoms. The molecular formula is C44H80NO7P. The van der Waals surface area contributed by atoms with Gasteiger partial charge in [0, 0.05) is 6.42 Å². The number of quaternary nitrogens is 1. The normalized spacial score (nSPS) is 14.4. The second kappa shape index (κ2) is 37.0. The van der Waals surface area contributed by atoms with Crippen LogP contribution >= 0.6 is 7.82 Å². The first kappa shape index (κ1) is 51.0. The summed E-state index contributed by atoms with van der Waals surface area (Å²) in [6.07, 6.45) is 46.1. The summed E-state index contributed by atoms with van der Waals surface area (Å²) in [5.74, 6) is -0.412. The fraction of sp³-hybridized carbons (Fsp3) is 0.750. The van der Waals surface area contributed by atoms with E-state index in [0.717, 1.165) is 38.5 Å². The van der Waals surface area contributed by atoms with Gasteiger partial charge < -0.3 is 27.9 Å². The van der Waals surface area contributed by atoms with Gasteiger partial charge in [0.15, 0.2) is 6.10 Å². The van der Waals surface area contributed by atoms with Crippen molar-refractivity contribution in [1.29, 1.82) is 0 Å². The summed E-state index contributed by atoms with van der Waals surface area (Å²) in [4.78, 5) is 25.0. The van der Waals surface area contributed by atoms with Crippen molar-refractivity contribution in [3.8, 4) is 0 Å². The molecular weight excluding hydrogens is 685 g/mol. The van der Waals surface area contributed by atoms with E-state index in [-0.39, 0.29) is 26.2 Å². The van der Waals surface area contributed by atoms with Crippen molar-refractivity contribution in [3.63, 3.8) is 0 Å². The summed E-state index contributed by atoms with van der Waals surface area (Å²) in [6.45, 7) is 4.63. The van der Waals surface area contributed by atoms with Gasteiger partial charge >= 0.3 is 5.97 Å². The van der Waals surface area contributed by atoms with Crippen LogP contribution in [-0.4, -0.2) is 64.1 Å². The van der Waals surface area contributed by atoms with E-state index in [9.17, 15) is 14.3 Å². The standard InChI is InChI=1S/C44H80NO7P/c1-6-8-10-12-14-16-18-20-22-23-24-25-27-29-31-33-35-37-44(46)52-43(42-51-53(47,48)50-40-38-45(3,4)5)41-49-39-36-34-32-30-28-26-21-19-17-15-13-11-9-7-2/h14,16,20,22,24-25,29,31,36,39,43H,6-13,15,17-19,21,23,26-28,30,32-35,37-38,40-42H2,1-5H3/b16-14-,22-20-,25-24-,31-29-,39-36-. The molecule has 0 aliphatic carbocycles. The molecule has 308 valence electrons. The van der Waals surface area contributed by atoms with Gasteiger partial charge in [0.25, 0.3) is 7.82 Å². The Morgan fingerprint density at radius 3 is 1.60 bits per heavy atom. The van der Waals surface area contributed by atoms with Crippen molar-refractivity contribution in [2.45, 2.75) is 168 Å². The second-order valence-electron chi connectivity index (χ2n) is 15.1. The SMILES string of the molecule is CCCCC/C=C\C/C=C\C/C=C\C/C=C\CCCC(=O)OC(CO/C=C\CCCCCCCCCCCCCC)COP(=O)([O-])OCC[N+](C)(C)C. The van der Waals surface area contributed by atoms with Crippen LogP contribution in [0.3, 0.4) is 0 Å². The molecule has 0 saturated heterocycles. The summed E-state index contributed by atoms with van der Waals surface area (Å²) < 4.78 is 34.2. The zero-order valence-corrected chi connectivity index (χ0v) is 35.6. The largest absolute Gasteiger partial charge is 0.756 e. The van der Waals surface area contributed by atoms with Crippen LogP contribution in [0.5, 0.6) is 0 Å². The van der Waals surface area contributed by atoms with E-state index >= 15 is 0 Å². The Kier molecular flexibility index (Phi) is 35.6. The number of esters is 1. The predicted molar refractivity (Wildman–Crippen MR) is 221 cm³/mol. The summed E-state index contributed by atoms with van der Waals surface area (Å²) in [5.41, 5.74) is 0. The van der Waals surface area contributed by atoms with Crippen LogP contribution in [0.4, 0.5) is 0 Å². The Hall–Kier alpha value is -1.96. The van der Waals surface area contributed by atoms with E-state index in [2.05, 4.69) is 62.5 Å². The van der Waals surface area contributed by atoms with Crippen molar-refractivity contribution in [2.75, 3.05) is 47.5 Å². The number of hydrogen-bond donors (Lipinski definition) is 0.